The molecular weight excluding hydrogens is 180 g/mol. The van der Waals surface area contributed by atoms with Gasteiger partial charge in [0.25, 0.3) is 0 Å². The molecule has 1 unspecified atom stereocenters. The van der Waals surface area contributed by atoms with Crippen molar-refractivity contribution in [1.29, 1.82) is 0 Å². The lowest BCUT2D eigenvalue weighted by Crippen LogP contribution is -2.39. The van der Waals surface area contributed by atoms with Gasteiger partial charge < -0.3 is 10.6 Å². The van der Waals surface area contributed by atoms with Crippen LogP contribution >= 0.6 is 0 Å². The number of hydrogen-bond donors (Lipinski definition) is 1. The van der Waals surface area contributed by atoms with Crippen LogP contribution in [-0.2, 0) is 9.59 Å². The molecule has 0 aromatic heterocycles. The van der Waals surface area contributed by atoms with Gasteiger partial charge in [0.05, 0.1) is 0 Å². The van der Waals surface area contributed by atoms with E-state index in [4.69, 9.17) is 5.73 Å². The van der Waals surface area contributed by atoms with E-state index < -0.39 is 0 Å². The fraction of sp³-hybridized carbons (Fsp3) is 0.700. The molecule has 0 spiro atoms. The van der Waals surface area contributed by atoms with E-state index in [-0.39, 0.29) is 11.8 Å². The highest BCUT2D eigenvalue weighted by Gasteiger charge is 2.21. The van der Waals surface area contributed by atoms with Gasteiger partial charge in [-0.3, -0.25) is 9.59 Å². The van der Waals surface area contributed by atoms with Gasteiger partial charge in [0.1, 0.15) is 0 Å². The van der Waals surface area contributed by atoms with Crippen LogP contribution in [0.15, 0.2) is 0 Å². The first-order chi connectivity index (χ1) is 6.59. The van der Waals surface area contributed by atoms with E-state index in [0.29, 0.717) is 12.3 Å². The lowest BCUT2D eigenvalue weighted by atomic mass is 9.93. The number of piperidine rings is 1. The van der Waals surface area contributed by atoms with Crippen molar-refractivity contribution in [2.24, 2.45) is 11.7 Å². The molecule has 1 fully saturated rings. The van der Waals surface area contributed by atoms with E-state index in [1.807, 2.05) is 11.3 Å². The monoisotopic (exact) mass is 197 g/mol. The Hall–Kier alpha value is -1.06. The minimum atomic E-state index is -0.301. The van der Waals surface area contributed by atoms with Crippen LogP contribution in [-0.4, -0.2) is 29.8 Å². The van der Waals surface area contributed by atoms with Crippen LogP contribution in [0.5, 0.6) is 0 Å². The molecule has 1 rings (SSSR count). The summed E-state index contributed by atoms with van der Waals surface area (Å²) < 4.78 is 0. The predicted octanol–water partition coefficient (Wildman–Crippen LogP) is 0.325. The van der Waals surface area contributed by atoms with Crippen molar-refractivity contribution >= 4 is 11.8 Å². The Labute approximate surface area is 84.4 Å². The molecule has 2 N–H and O–H groups in total. The van der Waals surface area contributed by atoms with E-state index in [1.54, 1.807) is 6.92 Å². The summed E-state index contributed by atoms with van der Waals surface area (Å²) in [5.74, 6) is 0.146. The van der Waals surface area contributed by atoms with Gasteiger partial charge in [-0.2, -0.15) is 0 Å². The number of rotatable bonds is 3. The van der Waals surface area contributed by atoms with Crippen molar-refractivity contribution in [3.8, 4) is 0 Å². The van der Waals surface area contributed by atoms with Gasteiger partial charge in [-0.1, -0.05) is 0 Å². The molecule has 4 heteroatoms. The smallest absolute Gasteiger partial charge is 0.219 e. The van der Waals surface area contributed by atoms with Crippen LogP contribution in [0, 0.1) is 12.3 Å². The molecule has 1 aliphatic rings. The van der Waals surface area contributed by atoms with E-state index in [1.165, 1.54) is 0 Å². The highest BCUT2D eigenvalue weighted by atomic mass is 16.2. The van der Waals surface area contributed by atoms with Gasteiger partial charge in [-0.05, 0) is 25.2 Å². The molecule has 79 valence electrons. The predicted molar refractivity (Wildman–Crippen MR) is 53.1 cm³/mol. The molecule has 1 atom stereocenters. The van der Waals surface area contributed by atoms with Crippen LogP contribution in [0.3, 0.4) is 0 Å². The number of primary amides is 1. The Morgan fingerprint density at radius 2 is 2.29 bits per heavy atom. The summed E-state index contributed by atoms with van der Waals surface area (Å²) in [6.45, 7) is 3.16. The van der Waals surface area contributed by atoms with E-state index in [9.17, 15) is 9.59 Å². The molecule has 0 aliphatic carbocycles. The summed E-state index contributed by atoms with van der Waals surface area (Å²) in [7, 11) is 0. The van der Waals surface area contributed by atoms with Gasteiger partial charge in [0, 0.05) is 26.4 Å². The summed E-state index contributed by atoms with van der Waals surface area (Å²) in [6.07, 6.45) is 4.31. The second kappa shape index (κ2) is 4.98. The van der Waals surface area contributed by atoms with Gasteiger partial charge in [0.2, 0.25) is 11.8 Å². The average molecular weight is 197 g/mol. The van der Waals surface area contributed by atoms with Gasteiger partial charge in [-0.15, -0.1) is 0 Å². The number of amides is 2. The van der Waals surface area contributed by atoms with E-state index in [0.717, 1.165) is 25.9 Å². The number of likely N-dealkylation sites (tertiary alicyclic amines) is 1. The molecule has 4 nitrogen and oxygen atoms in total. The SMILES string of the molecule is CC(=O)N1CCCC([CH]CC(N)=O)C1. The molecule has 0 aromatic carbocycles. The molecule has 14 heavy (non-hydrogen) atoms. The van der Waals surface area contributed by atoms with Crippen molar-refractivity contribution in [2.75, 3.05) is 13.1 Å². The zero-order valence-corrected chi connectivity index (χ0v) is 8.53. The van der Waals surface area contributed by atoms with Crippen molar-refractivity contribution < 1.29 is 9.59 Å². The largest absolute Gasteiger partial charge is 0.370 e. The molecule has 0 saturated carbocycles. The number of hydrogen-bond acceptors (Lipinski definition) is 2. The number of carbonyl (C=O) groups excluding carboxylic acids is 2. The second-order valence-corrected chi connectivity index (χ2v) is 3.77. The molecule has 0 bridgehead atoms. The summed E-state index contributed by atoms with van der Waals surface area (Å²) >= 11 is 0. The number of carbonyl (C=O) groups is 2. The topological polar surface area (TPSA) is 63.4 Å². The fourth-order valence-corrected chi connectivity index (χ4v) is 1.77. The minimum Gasteiger partial charge on any atom is -0.370 e. The first-order valence-corrected chi connectivity index (χ1v) is 4.96. The highest BCUT2D eigenvalue weighted by Crippen LogP contribution is 2.19. The normalized spacial score (nSPS) is 22.1. The van der Waals surface area contributed by atoms with Crippen LogP contribution in [0.25, 0.3) is 0 Å². The van der Waals surface area contributed by atoms with Crippen molar-refractivity contribution in [3.63, 3.8) is 0 Å². The lowest BCUT2D eigenvalue weighted by molar-refractivity contribution is -0.130. The summed E-state index contributed by atoms with van der Waals surface area (Å²) in [6, 6.07) is 0. The van der Waals surface area contributed by atoms with Crippen molar-refractivity contribution in [3.05, 3.63) is 6.42 Å². The Bertz CT molecular complexity index is 228. The third kappa shape index (κ3) is 3.36. The van der Waals surface area contributed by atoms with E-state index in [2.05, 4.69) is 0 Å². The molecule has 1 radical (unpaired) electrons. The maximum Gasteiger partial charge on any atom is 0.219 e. The Morgan fingerprint density at radius 1 is 1.57 bits per heavy atom. The van der Waals surface area contributed by atoms with E-state index >= 15 is 0 Å². The van der Waals surface area contributed by atoms with Gasteiger partial charge in [0.15, 0.2) is 0 Å². The molecule has 2 amide bonds. The summed E-state index contributed by atoms with van der Waals surface area (Å²) in [5, 5.41) is 0. The second-order valence-electron chi connectivity index (χ2n) is 3.77. The molecule has 1 heterocycles. The van der Waals surface area contributed by atoms with Crippen LogP contribution in [0.4, 0.5) is 0 Å². The van der Waals surface area contributed by atoms with Crippen molar-refractivity contribution in [1.82, 2.24) is 4.90 Å². The number of nitrogens with two attached hydrogens (primary N) is 1. The molecule has 1 saturated heterocycles. The minimum absolute atomic E-state index is 0.113. The average Bonchev–Trinajstić information content (AvgIpc) is 2.15. The first kappa shape index (κ1) is 11.0. The van der Waals surface area contributed by atoms with Gasteiger partial charge in [-0.25, -0.2) is 0 Å². The molecule has 0 aromatic rings. The number of nitrogens with zero attached hydrogens (tertiary/aromatic N) is 1. The quantitative estimate of drug-likeness (QED) is 0.708. The van der Waals surface area contributed by atoms with Crippen LogP contribution < -0.4 is 5.73 Å². The van der Waals surface area contributed by atoms with Crippen LogP contribution in [0.1, 0.15) is 26.2 Å². The first-order valence-electron chi connectivity index (χ1n) is 4.96. The molecular formula is C10H17N2O2. The standard InChI is InChI=1S/C10H17N2O2/c1-8(13)12-6-2-3-9(7-12)4-5-10(11)14/h4,9H,2-3,5-7H2,1H3,(H2,11,14). The molecule has 1 aliphatic heterocycles. The third-order valence-electron chi connectivity index (χ3n) is 2.56. The Balaban J connectivity index is 2.32. The Kier molecular flexibility index (Phi) is 3.92. The maximum atomic E-state index is 11.1. The zero-order valence-electron chi connectivity index (χ0n) is 8.53. The maximum absolute atomic E-state index is 11.1. The third-order valence-corrected chi connectivity index (χ3v) is 2.56. The zero-order chi connectivity index (χ0) is 10.6. The van der Waals surface area contributed by atoms with Crippen molar-refractivity contribution in [2.45, 2.75) is 26.2 Å². The summed E-state index contributed by atoms with van der Waals surface area (Å²) in [4.78, 5) is 23.5. The fourth-order valence-electron chi connectivity index (χ4n) is 1.77. The summed E-state index contributed by atoms with van der Waals surface area (Å²) in [5.41, 5.74) is 5.05. The highest BCUT2D eigenvalue weighted by molar-refractivity contribution is 5.75. The van der Waals surface area contributed by atoms with Crippen LogP contribution in [0.2, 0.25) is 0 Å². The van der Waals surface area contributed by atoms with Gasteiger partial charge >= 0.3 is 0 Å². The Morgan fingerprint density at radius 3 is 2.86 bits per heavy atom. The lowest BCUT2D eigenvalue weighted by Gasteiger charge is -2.31.